The summed E-state index contributed by atoms with van der Waals surface area (Å²) in [5.41, 5.74) is 1.82. The van der Waals surface area contributed by atoms with E-state index in [0.29, 0.717) is 21.3 Å². The molecule has 5 aromatic heterocycles. The minimum absolute atomic E-state index is 0.0428. The van der Waals surface area contributed by atoms with Gasteiger partial charge in [-0.25, -0.2) is 14.4 Å². The van der Waals surface area contributed by atoms with Crippen LogP contribution >= 0.6 is 22.9 Å². The van der Waals surface area contributed by atoms with E-state index in [2.05, 4.69) is 25.4 Å². The van der Waals surface area contributed by atoms with Crippen LogP contribution in [0.25, 0.3) is 22.5 Å². The molecule has 6 aromatic rings. The maximum Gasteiger partial charge on any atom is 0.280 e. The van der Waals surface area contributed by atoms with Gasteiger partial charge in [0.25, 0.3) is 11.5 Å². The van der Waals surface area contributed by atoms with Crippen molar-refractivity contribution >= 4 is 34.7 Å². The fourth-order valence-corrected chi connectivity index (χ4v) is 5.65. The Hall–Kier alpha value is -5.04. The van der Waals surface area contributed by atoms with Gasteiger partial charge in [-0.3, -0.25) is 14.6 Å². The lowest BCUT2D eigenvalue weighted by Gasteiger charge is -2.14. The second kappa shape index (κ2) is 12.7. The van der Waals surface area contributed by atoms with E-state index < -0.39 is 17.3 Å². The van der Waals surface area contributed by atoms with Crippen molar-refractivity contribution in [3.05, 3.63) is 134 Å². The Morgan fingerprint density at radius 3 is 2.43 bits per heavy atom. The van der Waals surface area contributed by atoms with Gasteiger partial charge in [0.1, 0.15) is 12.0 Å². The topological polar surface area (TPSA) is 128 Å². The van der Waals surface area contributed by atoms with E-state index in [-0.39, 0.29) is 42.3 Å². The Balaban J connectivity index is 1.48. The van der Waals surface area contributed by atoms with Gasteiger partial charge < -0.3 is 15.0 Å². The first-order chi connectivity index (χ1) is 21.4. The molecule has 13 heteroatoms. The lowest BCUT2D eigenvalue weighted by molar-refractivity contribution is 0.0947. The summed E-state index contributed by atoms with van der Waals surface area (Å²) in [4.78, 5) is 40.8. The minimum atomic E-state index is -0.865. The number of halogens is 2. The average molecular weight is 628 g/mol. The molecule has 5 heterocycles. The highest BCUT2D eigenvalue weighted by atomic mass is 35.5. The second-order valence-corrected chi connectivity index (χ2v) is 11.4. The number of anilines is 1. The standard InChI is InChI=1S/C31H23ClFN7O3S/c32-26-8-5-23(44-26)15-36-29-27(33)28(38-40(29)30(42)21-3-1-19(17-41)2-4-21)24-6-7-25(20-9-12-34-13-10-20)39(31(24)43)16-22-11-14-35-18-37-22/h1-14,18,36,41H,15-17H2. The third-order valence-electron chi connectivity index (χ3n) is 6.83. The predicted molar refractivity (Wildman–Crippen MR) is 165 cm³/mol. The Kier molecular flexibility index (Phi) is 8.37. The number of hydrogen-bond donors (Lipinski definition) is 2. The van der Waals surface area contributed by atoms with Gasteiger partial charge in [-0.15, -0.1) is 11.3 Å². The summed E-state index contributed by atoms with van der Waals surface area (Å²) < 4.78 is 19.3. The number of pyridine rings is 2. The Labute approximate surface area is 259 Å². The maximum absolute atomic E-state index is 16.3. The zero-order valence-corrected chi connectivity index (χ0v) is 24.5. The zero-order chi connectivity index (χ0) is 30.6. The highest BCUT2D eigenvalue weighted by Gasteiger charge is 2.27. The average Bonchev–Trinajstić information content (AvgIpc) is 3.63. The first-order valence-electron chi connectivity index (χ1n) is 13.3. The number of aliphatic hydroxyl groups excluding tert-OH is 1. The molecule has 44 heavy (non-hydrogen) atoms. The molecule has 0 amide bonds. The number of benzene rings is 1. The van der Waals surface area contributed by atoms with Crippen molar-refractivity contribution in [3.8, 4) is 22.5 Å². The predicted octanol–water partition coefficient (Wildman–Crippen LogP) is 5.26. The quantitative estimate of drug-likeness (QED) is 0.222. The molecule has 0 aliphatic rings. The highest BCUT2D eigenvalue weighted by Crippen LogP contribution is 2.30. The smallest absolute Gasteiger partial charge is 0.280 e. The van der Waals surface area contributed by atoms with Crippen molar-refractivity contribution < 1.29 is 14.3 Å². The number of aliphatic hydroxyl groups is 1. The van der Waals surface area contributed by atoms with Gasteiger partial charge in [0.05, 0.1) is 41.0 Å². The first kappa shape index (κ1) is 29.1. The number of nitrogens with one attached hydrogen (secondary N) is 1. The number of rotatable bonds is 9. The fourth-order valence-electron chi connectivity index (χ4n) is 4.63. The number of hydrogen-bond acceptors (Lipinski definition) is 9. The number of carbonyl (C=O) groups excluding carboxylic acids is 1. The van der Waals surface area contributed by atoms with Gasteiger partial charge in [0, 0.05) is 34.6 Å². The molecular formula is C31H23ClFN7O3S. The summed E-state index contributed by atoms with van der Waals surface area (Å²) in [6, 6.07) is 18.2. The van der Waals surface area contributed by atoms with Gasteiger partial charge in [-0.1, -0.05) is 23.7 Å². The van der Waals surface area contributed by atoms with E-state index in [1.54, 1.807) is 67.1 Å². The molecule has 0 bridgehead atoms. The SMILES string of the molecule is O=C(c1ccc(CO)cc1)n1nc(-c2ccc(-c3ccncc3)n(Cc3ccncn3)c2=O)c(F)c1NCc1ccc(Cl)s1. The van der Waals surface area contributed by atoms with E-state index in [9.17, 15) is 14.7 Å². The molecule has 0 saturated heterocycles. The Morgan fingerprint density at radius 1 is 0.977 bits per heavy atom. The third kappa shape index (κ3) is 5.91. The molecule has 0 saturated carbocycles. The Bertz CT molecular complexity index is 2000. The lowest BCUT2D eigenvalue weighted by atomic mass is 10.1. The molecule has 0 atom stereocenters. The molecule has 1 aromatic carbocycles. The van der Waals surface area contributed by atoms with E-state index in [0.717, 1.165) is 15.1 Å². The van der Waals surface area contributed by atoms with Crippen LogP contribution in [0.15, 0.2) is 96.4 Å². The Morgan fingerprint density at radius 2 is 1.75 bits per heavy atom. The van der Waals surface area contributed by atoms with Gasteiger partial charge >= 0.3 is 0 Å². The van der Waals surface area contributed by atoms with E-state index in [1.165, 1.54) is 40.4 Å². The molecule has 0 radical (unpaired) electrons. The largest absolute Gasteiger partial charge is 0.392 e. The molecule has 6 rings (SSSR count). The number of aromatic nitrogens is 6. The van der Waals surface area contributed by atoms with Crippen molar-refractivity contribution in [2.24, 2.45) is 0 Å². The van der Waals surface area contributed by atoms with Crippen LogP contribution in [-0.2, 0) is 19.7 Å². The molecule has 0 aliphatic carbocycles. The first-order valence-corrected chi connectivity index (χ1v) is 14.5. The monoisotopic (exact) mass is 627 g/mol. The van der Waals surface area contributed by atoms with Crippen LogP contribution in [0, 0.1) is 5.82 Å². The molecule has 2 N–H and O–H groups in total. The van der Waals surface area contributed by atoms with Crippen molar-refractivity contribution in [2.45, 2.75) is 19.7 Å². The number of carbonyl (C=O) groups is 1. The van der Waals surface area contributed by atoms with E-state index in [4.69, 9.17) is 11.6 Å². The summed E-state index contributed by atoms with van der Waals surface area (Å²) >= 11 is 7.38. The summed E-state index contributed by atoms with van der Waals surface area (Å²) in [5.74, 6) is -1.70. The zero-order valence-electron chi connectivity index (χ0n) is 22.9. The molecule has 0 spiro atoms. The third-order valence-corrected chi connectivity index (χ3v) is 8.06. The van der Waals surface area contributed by atoms with Crippen molar-refractivity contribution in [3.63, 3.8) is 0 Å². The van der Waals surface area contributed by atoms with Crippen LogP contribution in [0.4, 0.5) is 10.2 Å². The van der Waals surface area contributed by atoms with E-state index >= 15 is 4.39 Å². The van der Waals surface area contributed by atoms with Crippen LogP contribution < -0.4 is 10.9 Å². The summed E-state index contributed by atoms with van der Waals surface area (Å²) in [7, 11) is 0. The second-order valence-electron chi connectivity index (χ2n) is 9.60. The van der Waals surface area contributed by atoms with Crippen LogP contribution in [0.2, 0.25) is 4.34 Å². The molecular weight excluding hydrogens is 605 g/mol. The summed E-state index contributed by atoms with van der Waals surface area (Å²) in [6.45, 7) is 0.0482. The van der Waals surface area contributed by atoms with Crippen molar-refractivity contribution in [2.75, 3.05) is 5.32 Å². The summed E-state index contributed by atoms with van der Waals surface area (Å²) in [6.07, 6.45) is 6.18. The minimum Gasteiger partial charge on any atom is -0.392 e. The van der Waals surface area contributed by atoms with Gasteiger partial charge in [-0.2, -0.15) is 9.78 Å². The van der Waals surface area contributed by atoms with Crippen LogP contribution in [-0.4, -0.2) is 40.3 Å². The maximum atomic E-state index is 16.3. The molecule has 0 aliphatic heterocycles. The van der Waals surface area contributed by atoms with Crippen LogP contribution in [0.1, 0.15) is 26.5 Å². The summed E-state index contributed by atoms with van der Waals surface area (Å²) in [5, 5.41) is 16.7. The van der Waals surface area contributed by atoms with Gasteiger partial charge in [0.2, 0.25) is 0 Å². The van der Waals surface area contributed by atoms with Crippen LogP contribution in [0.3, 0.4) is 0 Å². The van der Waals surface area contributed by atoms with Crippen LogP contribution in [0.5, 0.6) is 0 Å². The van der Waals surface area contributed by atoms with Gasteiger partial charge in [-0.05, 0) is 60.2 Å². The normalized spacial score (nSPS) is 11.1. The molecule has 0 unspecified atom stereocenters. The highest BCUT2D eigenvalue weighted by molar-refractivity contribution is 7.16. The van der Waals surface area contributed by atoms with E-state index in [1.807, 2.05) is 0 Å². The van der Waals surface area contributed by atoms with Gasteiger partial charge in [0.15, 0.2) is 11.6 Å². The fraction of sp³-hybridized carbons (Fsp3) is 0.0968. The van der Waals surface area contributed by atoms with Crippen molar-refractivity contribution in [1.82, 2.24) is 29.3 Å². The number of thiophene rings is 1. The lowest BCUT2D eigenvalue weighted by Crippen LogP contribution is -2.25. The molecule has 10 nitrogen and oxygen atoms in total. The molecule has 0 fully saturated rings. The van der Waals surface area contributed by atoms with Crippen molar-refractivity contribution in [1.29, 1.82) is 0 Å². The number of nitrogens with zero attached hydrogens (tertiary/aromatic N) is 6. The molecule has 220 valence electrons.